The van der Waals surface area contributed by atoms with Crippen molar-refractivity contribution in [1.29, 1.82) is 0 Å². The summed E-state index contributed by atoms with van der Waals surface area (Å²) in [5, 5.41) is 24.6. The Balaban J connectivity index is 2.09. The van der Waals surface area contributed by atoms with Gasteiger partial charge >= 0.3 is 17.3 Å². The summed E-state index contributed by atoms with van der Waals surface area (Å²) >= 11 is 0. The Morgan fingerprint density at radius 3 is 2.12 bits per heavy atom. The summed E-state index contributed by atoms with van der Waals surface area (Å²) in [5.41, 5.74) is -0.925. The number of amides is 2. The summed E-state index contributed by atoms with van der Waals surface area (Å²) in [4.78, 5) is 57.5. The molecule has 12 nitrogen and oxygen atoms in total. The van der Waals surface area contributed by atoms with Crippen molar-refractivity contribution in [3.05, 3.63) is 73.8 Å². The number of nitrogens with zero attached hydrogens (tertiary/aromatic N) is 3. The Bertz CT molecular complexity index is 1050. The molecule has 0 heterocycles. The molecule has 0 saturated carbocycles. The van der Waals surface area contributed by atoms with Crippen LogP contribution >= 0.6 is 0 Å². The molecule has 0 aliphatic carbocycles. The van der Waals surface area contributed by atoms with Crippen LogP contribution in [0.3, 0.4) is 0 Å². The molecule has 0 atom stereocenters. The average Bonchev–Trinajstić information content (AvgIpc) is 2.77. The van der Waals surface area contributed by atoms with Crippen molar-refractivity contribution in [2.24, 2.45) is 0 Å². The summed E-state index contributed by atoms with van der Waals surface area (Å²) in [6.07, 6.45) is 0.0380. The minimum absolute atomic E-state index is 0.0380. The fourth-order valence-corrected chi connectivity index (χ4v) is 2.72. The number of ether oxygens (including phenoxy) is 1. The van der Waals surface area contributed by atoms with E-state index >= 15 is 0 Å². The molecule has 0 spiro atoms. The number of hydrogen-bond acceptors (Lipinski definition) is 8. The van der Waals surface area contributed by atoms with Gasteiger partial charge in [-0.2, -0.15) is 0 Å². The molecule has 0 unspecified atom stereocenters. The molecule has 0 fully saturated rings. The molecule has 0 radical (unpaired) electrons. The topological polar surface area (TPSA) is 162 Å². The van der Waals surface area contributed by atoms with Gasteiger partial charge in [0.1, 0.15) is 0 Å². The van der Waals surface area contributed by atoms with E-state index in [4.69, 9.17) is 4.74 Å². The van der Waals surface area contributed by atoms with Crippen LogP contribution in [0.25, 0.3) is 0 Å². The fourth-order valence-electron chi connectivity index (χ4n) is 2.72. The van der Waals surface area contributed by atoms with Crippen LogP contribution in [0.15, 0.2) is 42.5 Å². The largest absolute Gasteiger partial charge is 0.466 e. The highest BCUT2D eigenvalue weighted by Crippen LogP contribution is 2.28. The molecule has 2 rings (SSSR count). The van der Waals surface area contributed by atoms with Crippen molar-refractivity contribution < 1.29 is 29.0 Å². The number of esters is 1. The van der Waals surface area contributed by atoms with Gasteiger partial charge in [0.15, 0.2) is 0 Å². The first-order valence-electron chi connectivity index (χ1n) is 9.40. The molecule has 2 aromatic carbocycles. The highest BCUT2D eigenvalue weighted by atomic mass is 16.6. The van der Waals surface area contributed by atoms with E-state index in [1.54, 1.807) is 6.92 Å². The predicted molar refractivity (Wildman–Crippen MR) is 113 cm³/mol. The molecule has 32 heavy (non-hydrogen) atoms. The summed E-state index contributed by atoms with van der Waals surface area (Å²) in [6, 6.07) is 8.82. The fraction of sp³-hybridized carbons (Fsp3) is 0.250. The SMILES string of the molecule is CCOC(=O)CCNC(=O)c1ccc(N(C)C(=O)c2ccc([N+](=O)[O-])c([N+](=O)[O-])c2)cc1. The van der Waals surface area contributed by atoms with Crippen molar-refractivity contribution in [2.75, 3.05) is 25.1 Å². The van der Waals surface area contributed by atoms with Crippen LogP contribution < -0.4 is 10.2 Å². The van der Waals surface area contributed by atoms with Crippen LogP contribution in [0, 0.1) is 20.2 Å². The van der Waals surface area contributed by atoms with Gasteiger partial charge in [0.2, 0.25) is 0 Å². The van der Waals surface area contributed by atoms with Gasteiger partial charge in [0, 0.05) is 42.5 Å². The van der Waals surface area contributed by atoms with Gasteiger partial charge in [-0.1, -0.05) is 0 Å². The Labute approximate surface area is 182 Å². The van der Waals surface area contributed by atoms with Gasteiger partial charge in [-0.3, -0.25) is 34.6 Å². The highest BCUT2D eigenvalue weighted by Gasteiger charge is 2.26. The lowest BCUT2D eigenvalue weighted by Gasteiger charge is -2.17. The normalized spacial score (nSPS) is 10.2. The molecule has 0 aromatic heterocycles. The van der Waals surface area contributed by atoms with E-state index < -0.39 is 39.0 Å². The lowest BCUT2D eigenvalue weighted by molar-refractivity contribution is -0.422. The minimum Gasteiger partial charge on any atom is -0.466 e. The first-order chi connectivity index (χ1) is 15.1. The Morgan fingerprint density at radius 2 is 1.56 bits per heavy atom. The Hall–Kier alpha value is -4.35. The first-order valence-corrected chi connectivity index (χ1v) is 9.40. The van der Waals surface area contributed by atoms with Crippen molar-refractivity contribution in [3.63, 3.8) is 0 Å². The van der Waals surface area contributed by atoms with E-state index in [0.29, 0.717) is 11.3 Å². The molecular weight excluding hydrogens is 424 g/mol. The zero-order valence-corrected chi connectivity index (χ0v) is 17.3. The molecule has 0 aliphatic heterocycles. The van der Waals surface area contributed by atoms with Gasteiger partial charge in [-0.05, 0) is 37.3 Å². The summed E-state index contributed by atoms with van der Waals surface area (Å²) in [6.45, 7) is 2.05. The number of anilines is 1. The quantitative estimate of drug-likeness (QED) is 0.350. The number of nitro groups is 2. The van der Waals surface area contributed by atoms with Crippen LogP contribution in [0.4, 0.5) is 17.1 Å². The number of rotatable bonds is 9. The number of nitro benzene ring substituents is 2. The smallest absolute Gasteiger partial charge is 0.346 e. The van der Waals surface area contributed by atoms with Gasteiger partial charge in [-0.25, -0.2) is 0 Å². The van der Waals surface area contributed by atoms with Crippen LogP contribution in [0.1, 0.15) is 34.1 Å². The number of benzene rings is 2. The van der Waals surface area contributed by atoms with E-state index in [9.17, 15) is 34.6 Å². The van der Waals surface area contributed by atoms with Crippen molar-refractivity contribution in [2.45, 2.75) is 13.3 Å². The second kappa shape index (κ2) is 10.6. The van der Waals surface area contributed by atoms with Gasteiger partial charge < -0.3 is 15.0 Å². The van der Waals surface area contributed by atoms with E-state index in [2.05, 4.69) is 5.32 Å². The molecule has 1 N–H and O–H groups in total. The van der Waals surface area contributed by atoms with Crippen LogP contribution in [0.5, 0.6) is 0 Å². The Kier molecular flexibility index (Phi) is 7.93. The zero-order valence-electron chi connectivity index (χ0n) is 17.3. The zero-order chi connectivity index (χ0) is 23.8. The second-order valence-electron chi connectivity index (χ2n) is 6.44. The number of hydrogen-bond donors (Lipinski definition) is 1. The number of carbonyl (C=O) groups is 3. The second-order valence-corrected chi connectivity index (χ2v) is 6.44. The van der Waals surface area contributed by atoms with E-state index in [1.807, 2.05) is 0 Å². The van der Waals surface area contributed by atoms with Crippen LogP contribution in [-0.4, -0.2) is 47.8 Å². The van der Waals surface area contributed by atoms with E-state index in [0.717, 1.165) is 18.2 Å². The molecule has 168 valence electrons. The van der Waals surface area contributed by atoms with Gasteiger partial charge in [0.25, 0.3) is 11.8 Å². The monoisotopic (exact) mass is 444 g/mol. The van der Waals surface area contributed by atoms with E-state index in [1.165, 1.54) is 36.2 Å². The average molecular weight is 444 g/mol. The number of carbonyl (C=O) groups excluding carboxylic acids is 3. The summed E-state index contributed by atoms with van der Waals surface area (Å²) in [5.74, 6) is -1.47. The van der Waals surface area contributed by atoms with Crippen molar-refractivity contribution >= 4 is 34.8 Å². The van der Waals surface area contributed by atoms with Gasteiger partial charge in [-0.15, -0.1) is 0 Å². The summed E-state index contributed by atoms with van der Waals surface area (Å²) in [7, 11) is 1.42. The third-order valence-electron chi connectivity index (χ3n) is 4.36. The maximum atomic E-state index is 12.7. The lowest BCUT2D eigenvalue weighted by atomic mass is 10.1. The maximum Gasteiger partial charge on any atom is 0.346 e. The van der Waals surface area contributed by atoms with Gasteiger partial charge in [0.05, 0.1) is 22.9 Å². The molecule has 0 saturated heterocycles. The van der Waals surface area contributed by atoms with E-state index in [-0.39, 0.29) is 25.1 Å². The van der Waals surface area contributed by atoms with Crippen molar-refractivity contribution in [1.82, 2.24) is 5.32 Å². The molecule has 2 aromatic rings. The van der Waals surface area contributed by atoms with Crippen LogP contribution in [-0.2, 0) is 9.53 Å². The molecule has 0 aliphatic rings. The molecular formula is C20H20N4O8. The lowest BCUT2D eigenvalue weighted by Crippen LogP contribution is -2.27. The summed E-state index contributed by atoms with van der Waals surface area (Å²) < 4.78 is 4.77. The third-order valence-corrected chi connectivity index (χ3v) is 4.36. The standard InChI is InChI=1S/C20H20N4O8/c1-3-32-18(25)10-11-21-19(26)13-4-7-15(8-5-13)22(2)20(27)14-6-9-16(23(28)29)17(12-14)24(30)31/h4-9,12H,3,10-11H2,1-2H3,(H,21,26). The highest BCUT2D eigenvalue weighted by molar-refractivity contribution is 6.06. The third kappa shape index (κ3) is 5.84. The van der Waals surface area contributed by atoms with Crippen LogP contribution in [0.2, 0.25) is 0 Å². The molecule has 12 heteroatoms. The molecule has 0 bridgehead atoms. The molecule has 2 amide bonds. The first kappa shape index (κ1) is 23.9. The predicted octanol–water partition coefficient (Wildman–Crippen LogP) is 2.46. The number of nitrogens with one attached hydrogen (secondary N) is 1. The Morgan fingerprint density at radius 1 is 0.969 bits per heavy atom. The maximum absolute atomic E-state index is 12.7. The minimum atomic E-state index is -0.926. The van der Waals surface area contributed by atoms with Crippen molar-refractivity contribution in [3.8, 4) is 0 Å².